The van der Waals surface area contributed by atoms with Gasteiger partial charge < -0.3 is 9.80 Å². The lowest BCUT2D eigenvalue weighted by molar-refractivity contribution is 0.0776. The molecule has 4 heteroatoms. The number of carbonyl (C=O) groups is 2. The summed E-state index contributed by atoms with van der Waals surface area (Å²) in [5.41, 5.74) is 1.36. The normalized spacial score (nSPS) is 24.8. The number of nitrogens with zero attached hydrogens (tertiary/aromatic N) is 2. The maximum atomic E-state index is 12.4. The predicted molar refractivity (Wildman–Crippen MR) is 85.8 cm³/mol. The van der Waals surface area contributed by atoms with Crippen molar-refractivity contribution in [3.05, 3.63) is 35.4 Å². The molecule has 2 aliphatic heterocycles. The average molecular weight is 300 g/mol. The van der Waals surface area contributed by atoms with Crippen LogP contribution >= 0.6 is 0 Å². The second-order valence-electron chi connectivity index (χ2n) is 6.87. The van der Waals surface area contributed by atoms with E-state index in [1.807, 2.05) is 9.80 Å². The average Bonchev–Trinajstić information content (AvgIpc) is 3.14. The van der Waals surface area contributed by atoms with Gasteiger partial charge in [-0.15, -0.1) is 0 Å². The van der Waals surface area contributed by atoms with E-state index in [1.54, 1.807) is 24.3 Å². The maximum absolute atomic E-state index is 12.4. The molecule has 3 rings (SSSR count). The molecule has 2 atom stereocenters. The summed E-state index contributed by atoms with van der Waals surface area (Å²) in [6.07, 6.45) is 2.16. The molecule has 0 saturated carbocycles. The Balaban J connectivity index is 1.67. The predicted octanol–water partition coefficient (Wildman–Crippen LogP) is 2.65. The molecule has 2 fully saturated rings. The van der Waals surface area contributed by atoms with Crippen LogP contribution < -0.4 is 0 Å². The van der Waals surface area contributed by atoms with Crippen LogP contribution in [0.5, 0.6) is 0 Å². The number of carbonyl (C=O) groups excluding carboxylic acids is 2. The third-order valence-corrected chi connectivity index (χ3v) is 4.80. The summed E-state index contributed by atoms with van der Waals surface area (Å²) in [4.78, 5) is 28.6. The van der Waals surface area contributed by atoms with Gasteiger partial charge in [0.1, 0.15) is 0 Å². The minimum Gasteiger partial charge on any atom is -0.338 e. The fourth-order valence-electron chi connectivity index (χ4n) is 3.36. The molecule has 4 nitrogen and oxygen atoms in total. The molecule has 2 heterocycles. The molecule has 2 amide bonds. The van der Waals surface area contributed by atoms with Crippen molar-refractivity contribution in [2.45, 2.75) is 26.7 Å². The summed E-state index contributed by atoms with van der Waals surface area (Å²) in [6, 6.07) is 7.16. The van der Waals surface area contributed by atoms with Crippen LogP contribution in [0.2, 0.25) is 0 Å². The summed E-state index contributed by atoms with van der Waals surface area (Å²) in [5.74, 6) is 1.33. The van der Waals surface area contributed by atoms with E-state index in [0.717, 1.165) is 39.0 Å². The summed E-state index contributed by atoms with van der Waals surface area (Å²) in [6.45, 7) is 7.70. The molecular formula is C18H24N2O2. The molecule has 1 aromatic rings. The lowest BCUT2D eigenvalue weighted by Crippen LogP contribution is -2.29. The number of hydrogen-bond acceptors (Lipinski definition) is 2. The SMILES string of the molecule is CC1CCN(C(=O)c2ccc(C(=O)N3CCC(C)C3)cc2)C1. The van der Waals surface area contributed by atoms with E-state index in [9.17, 15) is 9.59 Å². The zero-order chi connectivity index (χ0) is 15.7. The van der Waals surface area contributed by atoms with Crippen LogP contribution in [0, 0.1) is 11.8 Å². The highest BCUT2D eigenvalue weighted by Crippen LogP contribution is 2.20. The molecular weight excluding hydrogens is 276 g/mol. The highest BCUT2D eigenvalue weighted by Gasteiger charge is 2.26. The van der Waals surface area contributed by atoms with Crippen LogP contribution in [0.15, 0.2) is 24.3 Å². The molecule has 1 aromatic carbocycles. The first kappa shape index (κ1) is 15.1. The summed E-state index contributed by atoms with van der Waals surface area (Å²) in [5, 5.41) is 0. The number of likely N-dealkylation sites (tertiary alicyclic amines) is 2. The van der Waals surface area contributed by atoms with Gasteiger partial charge in [0.2, 0.25) is 0 Å². The fraction of sp³-hybridized carbons (Fsp3) is 0.556. The van der Waals surface area contributed by atoms with Crippen molar-refractivity contribution < 1.29 is 9.59 Å². The largest absolute Gasteiger partial charge is 0.338 e. The van der Waals surface area contributed by atoms with E-state index in [2.05, 4.69) is 13.8 Å². The van der Waals surface area contributed by atoms with Crippen LogP contribution in [-0.2, 0) is 0 Å². The van der Waals surface area contributed by atoms with Gasteiger partial charge in [0.25, 0.3) is 11.8 Å². The maximum Gasteiger partial charge on any atom is 0.253 e. The second kappa shape index (κ2) is 6.11. The van der Waals surface area contributed by atoms with Crippen molar-refractivity contribution in [1.82, 2.24) is 9.80 Å². The third-order valence-electron chi connectivity index (χ3n) is 4.80. The van der Waals surface area contributed by atoms with Crippen molar-refractivity contribution in [3.63, 3.8) is 0 Å². The number of rotatable bonds is 2. The number of benzene rings is 1. The van der Waals surface area contributed by atoms with Gasteiger partial charge in [-0.2, -0.15) is 0 Å². The second-order valence-corrected chi connectivity index (χ2v) is 6.87. The molecule has 2 aliphatic rings. The topological polar surface area (TPSA) is 40.6 Å². The third kappa shape index (κ3) is 3.01. The molecule has 0 aliphatic carbocycles. The van der Waals surface area contributed by atoms with E-state index in [4.69, 9.17) is 0 Å². The molecule has 2 unspecified atom stereocenters. The molecule has 0 N–H and O–H groups in total. The molecule has 118 valence electrons. The first-order valence-corrected chi connectivity index (χ1v) is 8.23. The van der Waals surface area contributed by atoms with Crippen LogP contribution in [0.25, 0.3) is 0 Å². The van der Waals surface area contributed by atoms with Crippen molar-refractivity contribution >= 4 is 11.8 Å². The van der Waals surface area contributed by atoms with Crippen LogP contribution in [0.1, 0.15) is 47.4 Å². The van der Waals surface area contributed by atoms with Gasteiger partial charge in [-0.25, -0.2) is 0 Å². The molecule has 0 radical (unpaired) electrons. The van der Waals surface area contributed by atoms with Gasteiger partial charge in [0.05, 0.1) is 0 Å². The zero-order valence-corrected chi connectivity index (χ0v) is 13.4. The van der Waals surface area contributed by atoms with E-state index >= 15 is 0 Å². The Kier molecular flexibility index (Phi) is 4.19. The monoisotopic (exact) mass is 300 g/mol. The van der Waals surface area contributed by atoms with Gasteiger partial charge >= 0.3 is 0 Å². The summed E-state index contributed by atoms with van der Waals surface area (Å²) < 4.78 is 0. The molecule has 22 heavy (non-hydrogen) atoms. The Labute approximate surface area is 132 Å². The minimum absolute atomic E-state index is 0.0816. The van der Waals surface area contributed by atoms with Crippen LogP contribution in [-0.4, -0.2) is 47.8 Å². The van der Waals surface area contributed by atoms with E-state index in [1.165, 1.54) is 0 Å². The molecule has 0 aromatic heterocycles. The highest BCUT2D eigenvalue weighted by atomic mass is 16.2. The Morgan fingerprint density at radius 1 is 0.818 bits per heavy atom. The quantitative estimate of drug-likeness (QED) is 0.842. The molecule has 0 bridgehead atoms. The van der Waals surface area contributed by atoms with Crippen molar-refractivity contribution in [3.8, 4) is 0 Å². The van der Waals surface area contributed by atoms with Crippen molar-refractivity contribution in [2.24, 2.45) is 11.8 Å². The minimum atomic E-state index is 0.0816. The van der Waals surface area contributed by atoms with Gasteiger partial charge in [-0.1, -0.05) is 13.8 Å². The Hall–Kier alpha value is -1.84. The Morgan fingerprint density at radius 2 is 1.18 bits per heavy atom. The van der Waals surface area contributed by atoms with Crippen LogP contribution in [0.4, 0.5) is 0 Å². The first-order chi connectivity index (χ1) is 10.5. The Bertz CT molecular complexity index is 516. The molecule has 0 spiro atoms. The first-order valence-electron chi connectivity index (χ1n) is 8.23. The highest BCUT2D eigenvalue weighted by molar-refractivity contribution is 5.98. The Morgan fingerprint density at radius 3 is 1.45 bits per heavy atom. The lowest BCUT2D eigenvalue weighted by atomic mass is 10.1. The van der Waals surface area contributed by atoms with Crippen molar-refractivity contribution in [1.29, 1.82) is 0 Å². The zero-order valence-electron chi connectivity index (χ0n) is 13.4. The standard InChI is InChI=1S/C18H24N2O2/c1-13-7-9-19(11-13)17(21)15-3-5-16(6-4-15)18(22)20-10-8-14(2)12-20/h3-6,13-14H,7-12H2,1-2H3. The van der Waals surface area contributed by atoms with Gasteiger partial charge in [-0.3, -0.25) is 9.59 Å². The van der Waals surface area contributed by atoms with Gasteiger partial charge in [-0.05, 0) is 48.9 Å². The van der Waals surface area contributed by atoms with Crippen molar-refractivity contribution in [2.75, 3.05) is 26.2 Å². The number of amides is 2. The smallest absolute Gasteiger partial charge is 0.253 e. The fourth-order valence-corrected chi connectivity index (χ4v) is 3.36. The molecule has 2 saturated heterocycles. The van der Waals surface area contributed by atoms with Crippen LogP contribution in [0.3, 0.4) is 0 Å². The summed E-state index contributed by atoms with van der Waals surface area (Å²) in [7, 11) is 0. The summed E-state index contributed by atoms with van der Waals surface area (Å²) >= 11 is 0. The van der Waals surface area contributed by atoms with E-state index in [0.29, 0.717) is 23.0 Å². The van der Waals surface area contributed by atoms with Gasteiger partial charge in [0.15, 0.2) is 0 Å². The lowest BCUT2D eigenvalue weighted by Gasteiger charge is -2.17. The van der Waals surface area contributed by atoms with E-state index < -0.39 is 0 Å². The van der Waals surface area contributed by atoms with E-state index in [-0.39, 0.29) is 11.8 Å². The number of hydrogen-bond donors (Lipinski definition) is 0. The van der Waals surface area contributed by atoms with Gasteiger partial charge in [0, 0.05) is 37.3 Å².